The highest BCUT2D eigenvalue weighted by Crippen LogP contribution is 2.28. The predicted octanol–water partition coefficient (Wildman–Crippen LogP) is 4.94. The predicted molar refractivity (Wildman–Crippen MR) is 92.9 cm³/mol. The molecule has 0 spiro atoms. The van der Waals surface area contributed by atoms with Gasteiger partial charge in [0.1, 0.15) is 12.0 Å². The van der Waals surface area contributed by atoms with Gasteiger partial charge in [0.15, 0.2) is 0 Å². The molecule has 23 heavy (non-hydrogen) atoms. The molecule has 0 radical (unpaired) electrons. The van der Waals surface area contributed by atoms with E-state index in [1.165, 1.54) is 0 Å². The van der Waals surface area contributed by atoms with Crippen LogP contribution in [-0.2, 0) is 6.54 Å². The van der Waals surface area contributed by atoms with E-state index in [1.807, 2.05) is 41.9 Å². The summed E-state index contributed by atoms with van der Waals surface area (Å²) in [5, 5.41) is 4.58. The molecule has 0 amide bonds. The van der Waals surface area contributed by atoms with E-state index in [1.54, 1.807) is 24.3 Å². The Hall–Kier alpha value is -2.40. The lowest BCUT2D eigenvalue weighted by Crippen LogP contribution is -1.99. The molecule has 0 fully saturated rings. The smallest absolute Gasteiger partial charge is 0.218 e. The number of hydrogen-bond donors (Lipinski definition) is 0. The quantitative estimate of drug-likeness (QED) is 0.597. The second-order valence-corrected chi connectivity index (χ2v) is 5.90. The van der Waals surface area contributed by atoms with Gasteiger partial charge >= 0.3 is 0 Å². The number of carbonyl (C=O) groups excluding carboxylic acids is 1. The molecule has 116 valence electrons. The summed E-state index contributed by atoms with van der Waals surface area (Å²) in [6.07, 6.45) is 0.811. The van der Waals surface area contributed by atoms with Crippen LogP contribution in [-0.4, -0.2) is 16.1 Å². The number of aryl methyl sites for hydroxylation is 1. The van der Waals surface area contributed by atoms with Crippen molar-refractivity contribution in [1.29, 1.82) is 0 Å². The molecule has 0 bridgehead atoms. The molecule has 0 aliphatic rings. The van der Waals surface area contributed by atoms with Gasteiger partial charge in [-0.2, -0.15) is 5.10 Å². The SMILES string of the molecule is CCn1nc(-c2cccc(Br)c2)cc1Oc1ccc(C=O)cc1. The van der Waals surface area contributed by atoms with Crippen LogP contribution in [0.25, 0.3) is 11.3 Å². The molecule has 4 nitrogen and oxygen atoms in total. The fourth-order valence-electron chi connectivity index (χ4n) is 2.23. The molecule has 0 aliphatic carbocycles. The van der Waals surface area contributed by atoms with Gasteiger partial charge < -0.3 is 4.74 Å². The minimum Gasteiger partial charge on any atom is -0.439 e. The van der Waals surface area contributed by atoms with E-state index in [-0.39, 0.29) is 0 Å². The number of hydrogen-bond acceptors (Lipinski definition) is 3. The van der Waals surface area contributed by atoms with Crippen LogP contribution in [0.4, 0.5) is 0 Å². The zero-order valence-electron chi connectivity index (χ0n) is 12.6. The highest BCUT2D eigenvalue weighted by molar-refractivity contribution is 9.10. The molecule has 1 heterocycles. The number of halogens is 1. The molecule has 0 saturated carbocycles. The van der Waals surface area contributed by atoms with Crippen LogP contribution in [0.1, 0.15) is 17.3 Å². The van der Waals surface area contributed by atoms with Gasteiger partial charge in [-0.05, 0) is 43.3 Å². The number of aldehydes is 1. The lowest BCUT2D eigenvalue weighted by molar-refractivity contribution is 0.112. The summed E-state index contributed by atoms with van der Waals surface area (Å²) in [6, 6.07) is 16.9. The first-order chi connectivity index (χ1) is 11.2. The summed E-state index contributed by atoms with van der Waals surface area (Å²) in [4.78, 5) is 10.7. The van der Waals surface area contributed by atoms with Gasteiger partial charge in [0.05, 0.1) is 5.69 Å². The number of benzene rings is 2. The fourth-order valence-corrected chi connectivity index (χ4v) is 2.63. The van der Waals surface area contributed by atoms with Crippen molar-refractivity contribution < 1.29 is 9.53 Å². The Morgan fingerprint density at radius 3 is 2.61 bits per heavy atom. The van der Waals surface area contributed by atoms with E-state index in [0.29, 0.717) is 23.7 Å². The highest BCUT2D eigenvalue weighted by Gasteiger charge is 2.11. The van der Waals surface area contributed by atoms with E-state index in [9.17, 15) is 4.79 Å². The Labute approximate surface area is 142 Å². The Balaban J connectivity index is 1.91. The standard InChI is InChI=1S/C18H15BrN2O2/c1-2-21-18(23-16-8-6-13(12-22)7-9-16)11-17(20-21)14-4-3-5-15(19)10-14/h3-12H,2H2,1H3. The van der Waals surface area contributed by atoms with Crippen molar-refractivity contribution in [1.82, 2.24) is 9.78 Å². The largest absolute Gasteiger partial charge is 0.439 e. The van der Waals surface area contributed by atoms with Crippen LogP contribution >= 0.6 is 15.9 Å². The number of rotatable bonds is 5. The van der Waals surface area contributed by atoms with Crippen molar-refractivity contribution >= 4 is 22.2 Å². The Morgan fingerprint density at radius 1 is 1.17 bits per heavy atom. The first-order valence-corrected chi connectivity index (χ1v) is 8.06. The van der Waals surface area contributed by atoms with Gasteiger partial charge in [0.2, 0.25) is 5.88 Å². The summed E-state index contributed by atoms with van der Waals surface area (Å²) in [6.45, 7) is 2.72. The maximum atomic E-state index is 10.7. The molecule has 0 unspecified atom stereocenters. The molecule has 1 aromatic heterocycles. The average Bonchev–Trinajstić information content (AvgIpc) is 2.98. The van der Waals surface area contributed by atoms with E-state index in [2.05, 4.69) is 21.0 Å². The van der Waals surface area contributed by atoms with Gasteiger partial charge in [-0.1, -0.05) is 28.1 Å². The first-order valence-electron chi connectivity index (χ1n) is 7.26. The van der Waals surface area contributed by atoms with Crippen molar-refractivity contribution in [3.8, 4) is 22.9 Å². The van der Waals surface area contributed by atoms with E-state index < -0.39 is 0 Å². The maximum Gasteiger partial charge on any atom is 0.218 e. The van der Waals surface area contributed by atoms with Gasteiger partial charge in [-0.25, -0.2) is 4.68 Å². The average molecular weight is 371 g/mol. The molecular formula is C18H15BrN2O2. The molecule has 3 rings (SSSR count). The minimum atomic E-state index is 0.621. The molecule has 5 heteroatoms. The van der Waals surface area contributed by atoms with Crippen LogP contribution in [0.3, 0.4) is 0 Å². The highest BCUT2D eigenvalue weighted by atomic mass is 79.9. The number of nitrogens with zero attached hydrogens (tertiary/aromatic N) is 2. The second-order valence-electron chi connectivity index (χ2n) is 4.98. The summed E-state index contributed by atoms with van der Waals surface area (Å²) < 4.78 is 8.72. The lowest BCUT2D eigenvalue weighted by Gasteiger charge is -2.06. The monoisotopic (exact) mass is 370 g/mol. The van der Waals surface area contributed by atoms with Gasteiger partial charge in [0.25, 0.3) is 0 Å². The second kappa shape index (κ2) is 6.79. The summed E-state index contributed by atoms with van der Waals surface area (Å²) in [5.74, 6) is 1.34. The van der Waals surface area contributed by atoms with Gasteiger partial charge in [0, 0.05) is 28.2 Å². The molecule has 2 aromatic carbocycles. The fraction of sp³-hybridized carbons (Fsp3) is 0.111. The number of aromatic nitrogens is 2. The zero-order chi connectivity index (χ0) is 16.2. The topological polar surface area (TPSA) is 44.1 Å². The number of ether oxygens (including phenoxy) is 1. The van der Waals surface area contributed by atoms with Crippen molar-refractivity contribution in [3.63, 3.8) is 0 Å². The summed E-state index contributed by atoms with van der Waals surface area (Å²) in [5.41, 5.74) is 2.50. The third-order valence-electron chi connectivity index (χ3n) is 3.40. The molecule has 0 N–H and O–H groups in total. The van der Waals surface area contributed by atoms with Gasteiger partial charge in [-0.15, -0.1) is 0 Å². The van der Waals surface area contributed by atoms with Crippen molar-refractivity contribution in [2.45, 2.75) is 13.5 Å². The van der Waals surface area contributed by atoms with Crippen molar-refractivity contribution in [2.75, 3.05) is 0 Å². The molecule has 0 aliphatic heterocycles. The van der Waals surface area contributed by atoms with Crippen molar-refractivity contribution in [2.24, 2.45) is 0 Å². The summed E-state index contributed by atoms with van der Waals surface area (Å²) in [7, 11) is 0. The molecule has 3 aromatic rings. The van der Waals surface area contributed by atoms with Crippen LogP contribution in [0, 0.1) is 0 Å². The third kappa shape index (κ3) is 3.51. The van der Waals surface area contributed by atoms with E-state index in [4.69, 9.17) is 4.74 Å². The lowest BCUT2D eigenvalue weighted by atomic mass is 10.2. The van der Waals surface area contributed by atoms with Gasteiger partial charge in [-0.3, -0.25) is 4.79 Å². The van der Waals surface area contributed by atoms with E-state index >= 15 is 0 Å². The third-order valence-corrected chi connectivity index (χ3v) is 3.89. The molecular weight excluding hydrogens is 356 g/mol. The minimum absolute atomic E-state index is 0.621. The molecule has 0 saturated heterocycles. The maximum absolute atomic E-state index is 10.7. The zero-order valence-corrected chi connectivity index (χ0v) is 14.2. The molecule has 0 atom stereocenters. The Morgan fingerprint density at radius 2 is 1.96 bits per heavy atom. The summed E-state index contributed by atoms with van der Waals surface area (Å²) >= 11 is 3.47. The van der Waals surface area contributed by atoms with Crippen molar-refractivity contribution in [3.05, 3.63) is 64.6 Å². The normalized spacial score (nSPS) is 10.5. The Bertz CT molecular complexity index is 825. The Kier molecular flexibility index (Phi) is 4.57. The van der Waals surface area contributed by atoms with Crippen LogP contribution in [0.15, 0.2) is 59.1 Å². The first kappa shape index (κ1) is 15.5. The van der Waals surface area contributed by atoms with Crippen LogP contribution in [0.5, 0.6) is 11.6 Å². The van der Waals surface area contributed by atoms with Crippen LogP contribution in [0.2, 0.25) is 0 Å². The van der Waals surface area contributed by atoms with E-state index in [0.717, 1.165) is 22.0 Å². The van der Waals surface area contributed by atoms with Crippen LogP contribution < -0.4 is 4.74 Å². The number of carbonyl (C=O) groups is 1.